The van der Waals surface area contributed by atoms with Gasteiger partial charge in [0.05, 0.1) is 11.6 Å². The molecule has 2 aromatic carbocycles. The third-order valence-electron chi connectivity index (χ3n) is 5.09. The Kier molecular flexibility index (Phi) is 4.60. The van der Waals surface area contributed by atoms with Crippen LogP contribution in [-0.4, -0.2) is 38.6 Å². The summed E-state index contributed by atoms with van der Waals surface area (Å²) in [6.45, 7) is 4.39. The molecule has 0 radical (unpaired) electrons. The number of hydrogen-bond acceptors (Lipinski definition) is 5. The second-order valence-electron chi connectivity index (χ2n) is 6.92. The van der Waals surface area contributed by atoms with Gasteiger partial charge in [0.25, 0.3) is 0 Å². The van der Waals surface area contributed by atoms with E-state index in [9.17, 15) is 9.59 Å². The van der Waals surface area contributed by atoms with Gasteiger partial charge < -0.3 is 10.2 Å². The van der Waals surface area contributed by atoms with Crippen molar-refractivity contribution in [2.75, 3.05) is 16.8 Å². The molecule has 1 saturated heterocycles. The van der Waals surface area contributed by atoms with Crippen LogP contribution in [0.1, 0.15) is 17.5 Å². The van der Waals surface area contributed by atoms with E-state index in [-0.39, 0.29) is 18.2 Å². The summed E-state index contributed by atoms with van der Waals surface area (Å²) in [4.78, 5) is 27.0. The molecular formula is C20H20N6O2. The summed E-state index contributed by atoms with van der Waals surface area (Å²) in [5.74, 6) is -0.601. The highest BCUT2D eigenvalue weighted by Crippen LogP contribution is 2.30. The normalized spacial score (nSPS) is 16.4. The number of carbonyl (C=O) groups is 2. The summed E-state index contributed by atoms with van der Waals surface area (Å²) in [5, 5.41) is 14.0. The second-order valence-corrected chi connectivity index (χ2v) is 6.92. The minimum atomic E-state index is -0.399. The number of hydrogen-bond donors (Lipinski definition) is 1. The average Bonchev–Trinajstić information content (AvgIpc) is 3.34. The Hall–Kier alpha value is -3.55. The third kappa shape index (κ3) is 3.36. The van der Waals surface area contributed by atoms with Gasteiger partial charge in [-0.15, -0.1) is 5.10 Å². The Labute approximate surface area is 162 Å². The van der Waals surface area contributed by atoms with E-state index in [1.807, 2.05) is 44.2 Å². The van der Waals surface area contributed by atoms with E-state index in [1.165, 1.54) is 11.0 Å². The molecule has 2 heterocycles. The molecule has 142 valence electrons. The fourth-order valence-electron chi connectivity index (χ4n) is 3.39. The summed E-state index contributed by atoms with van der Waals surface area (Å²) >= 11 is 0. The average molecular weight is 376 g/mol. The van der Waals surface area contributed by atoms with Crippen LogP contribution in [-0.2, 0) is 9.59 Å². The molecule has 1 unspecified atom stereocenters. The molecule has 0 saturated carbocycles. The van der Waals surface area contributed by atoms with Gasteiger partial charge in [0.15, 0.2) is 0 Å². The molecule has 0 aliphatic carbocycles. The van der Waals surface area contributed by atoms with Crippen LogP contribution in [0.15, 0.2) is 48.8 Å². The number of amides is 2. The van der Waals surface area contributed by atoms with Gasteiger partial charge in [0, 0.05) is 24.3 Å². The monoisotopic (exact) mass is 376 g/mol. The molecule has 0 spiro atoms. The van der Waals surface area contributed by atoms with Crippen molar-refractivity contribution < 1.29 is 9.59 Å². The predicted molar refractivity (Wildman–Crippen MR) is 104 cm³/mol. The molecular weight excluding hydrogens is 356 g/mol. The van der Waals surface area contributed by atoms with Gasteiger partial charge in [0.2, 0.25) is 11.8 Å². The number of anilines is 2. The van der Waals surface area contributed by atoms with Crippen molar-refractivity contribution in [3.63, 3.8) is 0 Å². The molecule has 2 amide bonds. The number of aromatic nitrogens is 4. The molecule has 1 N–H and O–H groups in total. The SMILES string of the molecule is Cc1cccc(N2CC(C(=O)Nc3cccc(-n4cnnn4)c3)CC2=O)c1C. The summed E-state index contributed by atoms with van der Waals surface area (Å²) in [7, 11) is 0. The zero-order valence-corrected chi connectivity index (χ0v) is 15.7. The largest absolute Gasteiger partial charge is 0.326 e. The van der Waals surface area contributed by atoms with Crippen molar-refractivity contribution in [2.45, 2.75) is 20.3 Å². The zero-order valence-electron chi connectivity index (χ0n) is 15.7. The molecule has 8 heteroatoms. The van der Waals surface area contributed by atoms with E-state index >= 15 is 0 Å². The Morgan fingerprint density at radius 1 is 1.18 bits per heavy atom. The van der Waals surface area contributed by atoms with Gasteiger partial charge >= 0.3 is 0 Å². The van der Waals surface area contributed by atoms with Crippen molar-refractivity contribution in [1.82, 2.24) is 20.2 Å². The van der Waals surface area contributed by atoms with E-state index in [1.54, 1.807) is 17.0 Å². The van der Waals surface area contributed by atoms with E-state index in [4.69, 9.17) is 0 Å². The van der Waals surface area contributed by atoms with Gasteiger partial charge in [-0.05, 0) is 59.7 Å². The van der Waals surface area contributed by atoms with Gasteiger partial charge in [-0.3, -0.25) is 9.59 Å². The van der Waals surface area contributed by atoms with Crippen LogP contribution in [0.25, 0.3) is 5.69 Å². The molecule has 1 atom stereocenters. The van der Waals surface area contributed by atoms with Crippen LogP contribution in [0.5, 0.6) is 0 Å². The van der Waals surface area contributed by atoms with Crippen molar-refractivity contribution >= 4 is 23.2 Å². The maximum Gasteiger partial charge on any atom is 0.229 e. The van der Waals surface area contributed by atoms with Gasteiger partial charge in [0.1, 0.15) is 6.33 Å². The highest BCUT2D eigenvalue weighted by molar-refractivity contribution is 6.04. The minimum absolute atomic E-state index is 0.0312. The van der Waals surface area contributed by atoms with Crippen LogP contribution in [0, 0.1) is 19.8 Å². The van der Waals surface area contributed by atoms with Crippen LogP contribution >= 0.6 is 0 Å². The molecule has 3 aromatic rings. The van der Waals surface area contributed by atoms with Crippen molar-refractivity contribution in [1.29, 1.82) is 0 Å². The second kappa shape index (κ2) is 7.22. The smallest absolute Gasteiger partial charge is 0.229 e. The van der Waals surface area contributed by atoms with Crippen molar-refractivity contribution in [3.05, 3.63) is 59.9 Å². The topological polar surface area (TPSA) is 93.0 Å². The lowest BCUT2D eigenvalue weighted by molar-refractivity contribution is -0.122. The molecule has 0 bridgehead atoms. The number of nitrogens with zero attached hydrogens (tertiary/aromatic N) is 5. The molecule has 1 aliphatic rings. The fraction of sp³-hybridized carbons (Fsp3) is 0.250. The van der Waals surface area contributed by atoms with Gasteiger partial charge in [-0.2, -0.15) is 0 Å². The number of carbonyl (C=O) groups excluding carboxylic acids is 2. The predicted octanol–water partition coefficient (Wildman–Crippen LogP) is 2.27. The lowest BCUT2D eigenvalue weighted by Crippen LogP contribution is -2.28. The number of tetrazole rings is 1. The Morgan fingerprint density at radius 2 is 2.00 bits per heavy atom. The summed E-state index contributed by atoms with van der Waals surface area (Å²) in [6, 6.07) is 13.1. The van der Waals surface area contributed by atoms with E-state index < -0.39 is 5.92 Å². The number of nitrogens with one attached hydrogen (secondary N) is 1. The quantitative estimate of drug-likeness (QED) is 0.754. The van der Waals surface area contributed by atoms with E-state index in [0.717, 1.165) is 22.5 Å². The minimum Gasteiger partial charge on any atom is -0.326 e. The maximum atomic E-state index is 12.7. The molecule has 8 nitrogen and oxygen atoms in total. The maximum absolute atomic E-state index is 12.7. The number of benzene rings is 2. The summed E-state index contributed by atoms with van der Waals surface area (Å²) < 4.78 is 1.51. The lowest BCUT2D eigenvalue weighted by atomic mass is 10.1. The first-order chi connectivity index (χ1) is 13.5. The molecule has 1 aromatic heterocycles. The van der Waals surface area contributed by atoms with Crippen LogP contribution in [0.2, 0.25) is 0 Å². The van der Waals surface area contributed by atoms with Crippen molar-refractivity contribution in [3.8, 4) is 5.69 Å². The lowest BCUT2D eigenvalue weighted by Gasteiger charge is -2.20. The van der Waals surface area contributed by atoms with Gasteiger partial charge in [-0.25, -0.2) is 4.68 Å². The summed E-state index contributed by atoms with van der Waals surface area (Å²) in [5.41, 5.74) is 4.43. The highest BCUT2D eigenvalue weighted by atomic mass is 16.2. The molecule has 1 fully saturated rings. The molecule has 1 aliphatic heterocycles. The zero-order chi connectivity index (χ0) is 19.7. The standard InChI is InChI=1S/C20H20N6O2/c1-13-5-3-8-18(14(13)2)25-11-15(9-19(25)27)20(28)22-16-6-4-7-17(10-16)26-12-21-23-24-26/h3-8,10,12,15H,9,11H2,1-2H3,(H,22,28). The Bertz CT molecular complexity index is 1030. The first kappa shape index (κ1) is 17.8. The Morgan fingerprint density at radius 3 is 2.79 bits per heavy atom. The van der Waals surface area contributed by atoms with Crippen LogP contribution in [0.3, 0.4) is 0 Å². The summed E-state index contributed by atoms with van der Waals surface area (Å²) in [6.07, 6.45) is 1.69. The first-order valence-electron chi connectivity index (χ1n) is 9.04. The third-order valence-corrected chi connectivity index (χ3v) is 5.09. The Balaban J connectivity index is 1.48. The van der Waals surface area contributed by atoms with E-state index in [0.29, 0.717) is 12.2 Å². The molecule has 28 heavy (non-hydrogen) atoms. The van der Waals surface area contributed by atoms with Gasteiger partial charge in [-0.1, -0.05) is 18.2 Å². The van der Waals surface area contributed by atoms with Crippen LogP contribution < -0.4 is 10.2 Å². The highest BCUT2D eigenvalue weighted by Gasteiger charge is 2.35. The first-order valence-corrected chi connectivity index (χ1v) is 9.04. The van der Waals surface area contributed by atoms with E-state index in [2.05, 4.69) is 20.8 Å². The van der Waals surface area contributed by atoms with Crippen molar-refractivity contribution in [2.24, 2.45) is 5.92 Å². The van der Waals surface area contributed by atoms with Crippen LogP contribution in [0.4, 0.5) is 11.4 Å². The number of rotatable bonds is 4. The molecule has 4 rings (SSSR count). The number of aryl methyl sites for hydroxylation is 1. The fourth-order valence-corrected chi connectivity index (χ4v) is 3.39.